The van der Waals surface area contributed by atoms with E-state index in [0.29, 0.717) is 12.1 Å². The molecule has 0 aliphatic rings. The number of carbonyl (C=O) groups excluding carboxylic acids is 1. The van der Waals surface area contributed by atoms with Crippen LogP contribution < -0.4 is 16.2 Å². The molecule has 8 heteroatoms. The predicted octanol–water partition coefficient (Wildman–Crippen LogP) is 1.41. The van der Waals surface area contributed by atoms with E-state index in [-0.39, 0.29) is 0 Å². The molecule has 16 heavy (non-hydrogen) atoms. The Bertz CT molecular complexity index is 431. The zero-order valence-corrected chi connectivity index (χ0v) is 7.64. The fourth-order valence-electron chi connectivity index (χ4n) is 0.985. The first-order chi connectivity index (χ1) is 7.20. The zero-order valence-electron chi connectivity index (χ0n) is 7.64. The first-order valence-electron chi connectivity index (χ1n) is 3.85. The van der Waals surface area contributed by atoms with Gasteiger partial charge in [-0.25, -0.2) is 4.39 Å². The van der Waals surface area contributed by atoms with Crippen LogP contribution >= 0.6 is 0 Å². The number of alkyl halides is 3. The van der Waals surface area contributed by atoms with Gasteiger partial charge in [-0.2, -0.15) is 0 Å². The minimum absolute atomic E-state index is 0.395. The van der Waals surface area contributed by atoms with Crippen LogP contribution in [0, 0.1) is 5.82 Å². The van der Waals surface area contributed by atoms with Gasteiger partial charge in [-0.15, -0.1) is 13.2 Å². The molecule has 0 bridgehead atoms. The molecule has 88 valence electrons. The quantitative estimate of drug-likeness (QED) is 0.603. The van der Waals surface area contributed by atoms with E-state index in [9.17, 15) is 22.4 Å². The van der Waals surface area contributed by atoms with E-state index in [4.69, 9.17) is 11.5 Å². The van der Waals surface area contributed by atoms with E-state index >= 15 is 0 Å². The van der Waals surface area contributed by atoms with Crippen LogP contribution in [0.15, 0.2) is 12.1 Å². The van der Waals surface area contributed by atoms with Gasteiger partial charge >= 0.3 is 6.36 Å². The first-order valence-corrected chi connectivity index (χ1v) is 3.85. The number of ether oxygens (including phenoxy) is 1. The number of hydrogen-bond acceptors (Lipinski definition) is 3. The molecule has 0 heterocycles. The van der Waals surface area contributed by atoms with Crippen molar-refractivity contribution in [3.05, 3.63) is 23.5 Å². The molecule has 0 saturated carbocycles. The maximum Gasteiger partial charge on any atom is 0.573 e. The summed E-state index contributed by atoms with van der Waals surface area (Å²) in [5, 5.41) is 0. The van der Waals surface area contributed by atoms with Gasteiger partial charge in [0.2, 0.25) is 0 Å². The third kappa shape index (κ3) is 2.75. The molecule has 0 fully saturated rings. The third-order valence-electron chi connectivity index (χ3n) is 1.60. The third-order valence-corrected chi connectivity index (χ3v) is 1.60. The standard InChI is InChI=1S/C8H6F4N2O2/c9-4-1-3(7(14)15)5(13)2-6(4)16-8(10,11)12/h1-2H,13H2,(H2,14,15). The van der Waals surface area contributed by atoms with Gasteiger partial charge in [0.15, 0.2) is 11.6 Å². The highest BCUT2D eigenvalue weighted by Gasteiger charge is 2.32. The molecule has 0 spiro atoms. The molecule has 0 saturated heterocycles. The van der Waals surface area contributed by atoms with Gasteiger partial charge in [0.25, 0.3) is 5.91 Å². The molecule has 0 atom stereocenters. The highest BCUT2D eigenvalue weighted by Crippen LogP contribution is 2.29. The minimum atomic E-state index is -5.04. The smallest absolute Gasteiger partial charge is 0.403 e. The van der Waals surface area contributed by atoms with Crippen molar-refractivity contribution in [3.63, 3.8) is 0 Å². The van der Waals surface area contributed by atoms with Gasteiger partial charge < -0.3 is 16.2 Å². The van der Waals surface area contributed by atoms with Crippen LogP contribution in [0.25, 0.3) is 0 Å². The lowest BCUT2D eigenvalue weighted by molar-refractivity contribution is -0.275. The molecular weight excluding hydrogens is 232 g/mol. The molecule has 0 unspecified atom stereocenters. The van der Waals surface area contributed by atoms with Crippen molar-refractivity contribution in [3.8, 4) is 5.75 Å². The molecule has 0 aliphatic heterocycles. The highest BCUT2D eigenvalue weighted by molar-refractivity contribution is 5.98. The number of halogens is 4. The zero-order chi connectivity index (χ0) is 12.5. The van der Waals surface area contributed by atoms with Crippen LogP contribution in [0.1, 0.15) is 10.4 Å². The van der Waals surface area contributed by atoms with Gasteiger partial charge in [0.1, 0.15) is 0 Å². The monoisotopic (exact) mass is 238 g/mol. The lowest BCUT2D eigenvalue weighted by atomic mass is 10.1. The summed E-state index contributed by atoms with van der Waals surface area (Å²) in [5.41, 5.74) is 9.20. The normalized spacial score (nSPS) is 11.2. The second-order valence-corrected chi connectivity index (χ2v) is 2.78. The average molecular weight is 238 g/mol. The molecule has 4 N–H and O–H groups in total. The summed E-state index contributed by atoms with van der Waals surface area (Å²) in [6.45, 7) is 0. The topological polar surface area (TPSA) is 78.3 Å². The Hall–Kier alpha value is -1.99. The Morgan fingerprint density at radius 2 is 1.88 bits per heavy atom. The van der Waals surface area contributed by atoms with Crippen molar-refractivity contribution < 1.29 is 27.1 Å². The van der Waals surface area contributed by atoms with Crippen molar-refractivity contribution in [2.75, 3.05) is 5.73 Å². The SMILES string of the molecule is NC(=O)c1cc(F)c(OC(F)(F)F)cc1N. The Balaban J connectivity index is 3.16. The molecule has 0 aromatic heterocycles. The molecule has 1 rings (SSSR count). The molecule has 1 amide bonds. The van der Waals surface area contributed by atoms with Crippen LogP contribution in [0.3, 0.4) is 0 Å². The molecule has 4 nitrogen and oxygen atoms in total. The van der Waals surface area contributed by atoms with E-state index < -0.39 is 35.1 Å². The number of nitrogen functional groups attached to an aromatic ring is 1. The van der Waals surface area contributed by atoms with Gasteiger partial charge in [-0.05, 0) is 6.07 Å². The summed E-state index contributed by atoms with van der Waals surface area (Å²) in [4.78, 5) is 10.7. The number of carbonyl (C=O) groups is 1. The van der Waals surface area contributed by atoms with Crippen LogP contribution in [-0.4, -0.2) is 12.3 Å². The van der Waals surface area contributed by atoms with E-state index in [1.54, 1.807) is 0 Å². The molecule has 0 radical (unpaired) electrons. The fraction of sp³-hybridized carbons (Fsp3) is 0.125. The van der Waals surface area contributed by atoms with Gasteiger partial charge in [0.05, 0.1) is 5.56 Å². The number of hydrogen-bond donors (Lipinski definition) is 2. The van der Waals surface area contributed by atoms with Gasteiger partial charge in [-0.1, -0.05) is 0 Å². The number of rotatable bonds is 2. The lowest BCUT2D eigenvalue weighted by Crippen LogP contribution is -2.19. The van der Waals surface area contributed by atoms with Gasteiger partial charge in [0, 0.05) is 11.8 Å². The summed E-state index contributed by atoms with van der Waals surface area (Å²) in [6, 6.07) is 1.03. The summed E-state index contributed by atoms with van der Waals surface area (Å²) < 4.78 is 51.7. The Kier molecular flexibility index (Phi) is 2.92. The number of benzene rings is 1. The highest BCUT2D eigenvalue weighted by atomic mass is 19.4. The summed E-state index contributed by atoms with van der Waals surface area (Å²) in [5.74, 6) is -3.54. The Morgan fingerprint density at radius 1 is 1.31 bits per heavy atom. The van der Waals surface area contributed by atoms with E-state index in [1.165, 1.54) is 0 Å². The Labute approximate surface area is 86.8 Å². The van der Waals surface area contributed by atoms with Crippen molar-refractivity contribution in [2.24, 2.45) is 5.73 Å². The average Bonchev–Trinajstić information content (AvgIpc) is 2.07. The number of amides is 1. The van der Waals surface area contributed by atoms with Gasteiger partial charge in [-0.3, -0.25) is 4.79 Å². The number of primary amides is 1. The van der Waals surface area contributed by atoms with Crippen molar-refractivity contribution in [1.29, 1.82) is 0 Å². The Morgan fingerprint density at radius 3 is 2.31 bits per heavy atom. The minimum Gasteiger partial charge on any atom is -0.403 e. The molecule has 1 aromatic rings. The van der Waals surface area contributed by atoms with Crippen LogP contribution in [-0.2, 0) is 0 Å². The van der Waals surface area contributed by atoms with E-state index in [0.717, 1.165) is 0 Å². The van der Waals surface area contributed by atoms with Crippen molar-refractivity contribution in [2.45, 2.75) is 6.36 Å². The summed E-state index contributed by atoms with van der Waals surface area (Å²) in [7, 11) is 0. The second-order valence-electron chi connectivity index (χ2n) is 2.78. The lowest BCUT2D eigenvalue weighted by Gasteiger charge is -2.11. The largest absolute Gasteiger partial charge is 0.573 e. The summed E-state index contributed by atoms with van der Waals surface area (Å²) in [6.07, 6.45) is -5.04. The van der Waals surface area contributed by atoms with Crippen molar-refractivity contribution >= 4 is 11.6 Å². The molecular formula is C8H6F4N2O2. The fourth-order valence-corrected chi connectivity index (χ4v) is 0.985. The maximum atomic E-state index is 13.0. The van der Waals surface area contributed by atoms with Crippen LogP contribution in [0.4, 0.5) is 23.2 Å². The molecule has 1 aromatic carbocycles. The number of anilines is 1. The van der Waals surface area contributed by atoms with E-state index in [1.807, 2.05) is 0 Å². The van der Waals surface area contributed by atoms with Crippen molar-refractivity contribution in [1.82, 2.24) is 0 Å². The summed E-state index contributed by atoms with van der Waals surface area (Å²) >= 11 is 0. The molecule has 0 aliphatic carbocycles. The second kappa shape index (κ2) is 3.87. The number of nitrogens with two attached hydrogens (primary N) is 2. The van der Waals surface area contributed by atoms with Crippen LogP contribution in [0.2, 0.25) is 0 Å². The van der Waals surface area contributed by atoms with E-state index in [2.05, 4.69) is 4.74 Å². The maximum absolute atomic E-state index is 13.0. The van der Waals surface area contributed by atoms with Crippen LogP contribution in [0.5, 0.6) is 5.75 Å². The predicted molar refractivity (Wildman–Crippen MR) is 46.0 cm³/mol. The first kappa shape index (κ1) is 12.1.